The van der Waals surface area contributed by atoms with Crippen LogP contribution in [0.5, 0.6) is 0 Å². The van der Waals surface area contributed by atoms with Gasteiger partial charge in [-0.3, -0.25) is 58.8 Å². The molecule has 8 amide bonds. The Labute approximate surface area is 474 Å². The average Bonchev–Trinajstić information content (AvgIpc) is 4.41. The van der Waals surface area contributed by atoms with E-state index in [0.717, 1.165) is 18.9 Å². The number of carbonyl (C=O) groups is 10. The van der Waals surface area contributed by atoms with E-state index in [1.54, 1.807) is 34.3 Å². The Morgan fingerprint density at radius 2 is 1.18 bits per heavy atom. The highest BCUT2D eigenvalue weighted by Gasteiger charge is 2.41. The number of carbonyl (C=O) groups excluding carboxylic acids is 9. The Morgan fingerprint density at radius 3 is 1.68 bits per heavy atom. The number of urea groups is 1. The number of nitrogens with one attached hydrogen (secondary N) is 4. The minimum atomic E-state index is -1.39. The monoisotopic (exact) mass is 1150 g/mol. The molecule has 3 aliphatic rings. The van der Waals surface area contributed by atoms with Gasteiger partial charge in [-0.15, -0.1) is 0 Å². The van der Waals surface area contributed by atoms with Crippen LogP contribution in [0.15, 0.2) is 45.5 Å². The number of pyridine rings is 1. The first-order valence-electron chi connectivity index (χ1n) is 28.0. The Hall–Kier alpha value is -7.58. The first kappa shape index (κ1) is 65.2. The first-order chi connectivity index (χ1) is 38.8. The van der Waals surface area contributed by atoms with E-state index in [2.05, 4.69) is 21.3 Å². The zero-order chi connectivity index (χ0) is 60.4. The summed E-state index contributed by atoms with van der Waals surface area (Å²) >= 11 is 0. The Bertz CT molecular complexity index is 2870. The number of hydrogen-bond donors (Lipinski definition) is 8. The van der Waals surface area contributed by atoms with Crippen molar-refractivity contribution >= 4 is 75.6 Å². The fourth-order valence-electron chi connectivity index (χ4n) is 9.91. The van der Waals surface area contributed by atoms with Crippen LogP contribution in [0.1, 0.15) is 154 Å². The van der Waals surface area contributed by atoms with Crippen LogP contribution in [0.2, 0.25) is 0 Å². The first-order valence-corrected chi connectivity index (χ1v) is 28.0. The molecule has 82 heavy (non-hydrogen) atoms. The van der Waals surface area contributed by atoms with Crippen LogP contribution >= 0.6 is 0 Å². The third-order valence-electron chi connectivity index (χ3n) is 14.8. The van der Waals surface area contributed by atoms with Gasteiger partial charge in [0.15, 0.2) is 5.78 Å². The van der Waals surface area contributed by atoms with Crippen LogP contribution in [-0.2, 0) is 38.4 Å². The van der Waals surface area contributed by atoms with Gasteiger partial charge in [0.25, 0.3) is 0 Å². The summed E-state index contributed by atoms with van der Waals surface area (Å²) in [6.07, 6.45) is 6.77. The standard InChI is InChI=1S/C56H79FN10O15/c1-35-49(56(4,5)33-48(73)63-29-27-62(28-30-63)43-32-42-39(31-41(43)57)52(75)40(54(77)78)34-64(42)38-15-16-38)53(76)50(36(2)51(35)74)61-55(79)60-23-11-8-14-26-67(82)47(72)20-18-45(70)59-22-10-7-13-25-66(81)46(71)19-17-44(69)58-21-9-6-12-24-65(80)37(3)68/h31-32,34,38,80-82H,6-30,33H2,1-5H3,(H,58,69)(H,59,70)(H,77,78)(H2,60,61,79). The maximum absolute atomic E-state index is 15.6. The number of anilines is 1. The second-order valence-electron chi connectivity index (χ2n) is 21.7. The Morgan fingerprint density at radius 1 is 0.671 bits per heavy atom. The molecule has 0 bridgehead atoms. The molecule has 0 atom stereocenters. The predicted molar refractivity (Wildman–Crippen MR) is 295 cm³/mol. The molecule has 450 valence electrons. The molecule has 5 rings (SSSR count). The summed E-state index contributed by atoms with van der Waals surface area (Å²) in [4.78, 5) is 143. The van der Waals surface area contributed by atoms with E-state index in [1.807, 2.05) is 0 Å². The van der Waals surface area contributed by atoms with Gasteiger partial charge >= 0.3 is 12.0 Å². The molecule has 2 aromatic rings. The number of hydroxylamine groups is 6. The van der Waals surface area contributed by atoms with Crippen LogP contribution in [0, 0.1) is 11.2 Å². The molecule has 0 unspecified atom stereocenters. The van der Waals surface area contributed by atoms with Crippen LogP contribution in [-0.4, -0.2) is 170 Å². The van der Waals surface area contributed by atoms with E-state index >= 15 is 4.39 Å². The number of carboxylic acid groups (broad SMARTS) is 1. The quantitative estimate of drug-likeness (QED) is 0.0226. The highest BCUT2D eigenvalue weighted by Crippen LogP contribution is 2.40. The van der Waals surface area contributed by atoms with Crippen LogP contribution < -0.4 is 31.6 Å². The molecule has 26 heteroatoms. The molecule has 1 saturated heterocycles. The van der Waals surface area contributed by atoms with Gasteiger partial charge in [0, 0.05) is 144 Å². The van der Waals surface area contributed by atoms with Crippen molar-refractivity contribution in [2.24, 2.45) is 5.41 Å². The Balaban J connectivity index is 0.932. The van der Waals surface area contributed by atoms with Crippen LogP contribution in [0.25, 0.3) is 10.9 Å². The largest absolute Gasteiger partial charge is 0.477 e. The normalized spacial score (nSPS) is 14.7. The molecular weight excluding hydrogens is 1070 g/mol. The number of aromatic carboxylic acids is 1. The van der Waals surface area contributed by atoms with Gasteiger partial charge < -0.3 is 40.7 Å². The number of nitrogens with zero attached hydrogens (tertiary/aromatic N) is 6. The van der Waals surface area contributed by atoms with Gasteiger partial charge in [-0.2, -0.15) is 0 Å². The maximum atomic E-state index is 15.6. The summed E-state index contributed by atoms with van der Waals surface area (Å²) in [5.41, 5.74) is -1.66. The molecular formula is C56H79FN10O15. The number of fused-ring (bicyclic) bond motifs is 1. The summed E-state index contributed by atoms with van der Waals surface area (Å²) in [6.45, 7) is 9.46. The SMILES string of the molecule is CC(=O)N(O)CCCCCNC(=O)CCC(=O)N(O)CCCCCNC(=O)CCC(=O)N(O)CCCCCNC(=O)NC1=C(C)C(=O)C(C)=C(C(C)(C)CC(=O)N2CCN(c3cc4c(cc3F)c(=O)c(C(=O)O)cn4C3CC3)CC2)C1=O. The summed E-state index contributed by atoms with van der Waals surface area (Å²) in [6, 6.07) is 1.88. The summed E-state index contributed by atoms with van der Waals surface area (Å²) < 4.78 is 17.4. The molecule has 25 nitrogen and oxygen atoms in total. The fourth-order valence-corrected chi connectivity index (χ4v) is 9.91. The van der Waals surface area contributed by atoms with Gasteiger partial charge in [-0.25, -0.2) is 29.2 Å². The van der Waals surface area contributed by atoms with Crippen molar-refractivity contribution in [1.82, 2.24) is 45.9 Å². The van der Waals surface area contributed by atoms with Gasteiger partial charge in [-0.1, -0.05) is 13.8 Å². The Kier molecular flexibility index (Phi) is 24.2. The summed E-state index contributed by atoms with van der Waals surface area (Å²) in [7, 11) is 0. The highest BCUT2D eigenvalue weighted by atomic mass is 19.1. The summed E-state index contributed by atoms with van der Waals surface area (Å²) in [5.74, 6) is -5.89. The van der Waals surface area contributed by atoms with E-state index in [4.69, 9.17) is 0 Å². The van der Waals surface area contributed by atoms with Crippen molar-refractivity contribution < 1.29 is 73.1 Å². The number of hydrogen-bond acceptors (Lipinski definition) is 15. The number of allylic oxidation sites excluding steroid dienone is 3. The van der Waals surface area contributed by atoms with Crippen molar-refractivity contribution in [3.8, 4) is 0 Å². The topological polar surface area (TPSA) is 338 Å². The minimum absolute atomic E-state index is 0.00253. The van der Waals surface area contributed by atoms with Gasteiger partial charge in [0.2, 0.25) is 46.7 Å². The van der Waals surface area contributed by atoms with Crippen molar-refractivity contribution in [3.63, 3.8) is 0 Å². The molecule has 1 aromatic carbocycles. The molecule has 2 fully saturated rings. The molecule has 1 aliphatic heterocycles. The number of ketones is 2. The van der Waals surface area contributed by atoms with Crippen molar-refractivity contribution in [3.05, 3.63) is 62.3 Å². The fraction of sp³-hybridized carbons (Fsp3) is 0.589. The number of benzene rings is 1. The van der Waals surface area contributed by atoms with E-state index in [0.29, 0.717) is 91.6 Å². The lowest BCUT2D eigenvalue weighted by Crippen LogP contribution is -2.50. The second-order valence-corrected chi connectivity index (χ2v) is 21.7. The van der Waals surface area contributed by atoms with Gasteiger partial charge in [-0.05, 0) is 96.6 Å². The highest BCUT2D eigenvalue weighted by molar-refractivity contribution is 6.26. The smallest absolute Gasteiger partial charge is 0.341 e. The number of piperazine rings is 1. The second kappa shape index (κ2) is 30.5. The molecule has 0 radical (unpaired) electrons. The number of halogens is 1. The van der Waals surface area contributed by atoms with Crippen LogP contribution in [0.4, 0.5) is 14.9 Å². The average molecular weight is 1150 g/mol. The number of Topliss-reactive ketones (excluding diaryl/α,β-unsaturated/α-hetero) is 2. The molecule has 1 aromatic heterocycles. The maximum Gasteiger partial charge on any atom is 0.341 e. The number of amides is 8. The lowest BCUT2D eigenvalue weighted by molar-refractivity contribution is -0.166. The molecule has 8 N–H and O–H groups in total. The van der Waals surface area contributed by atoms with Crippen LogP contribution in [0.3, 0.4) is 0 Å². The summed E-state index contributed by atoms with van der Waals surface area (Å²) in [5, 5.41) is 51.5. The predicted octanol–water partition coefficient (Wildman–Crippen LogP) is 4.26. The number of carboxylic acids is 1. The number of unbranched alkanes of at least 4 members (excludes halogenated alkanes) is 6. The van der Waals surface area contributed by atoms with Crippen molar-refractivity contribution in [2.75, 3.05) is 70.3 Å². The third kappa shape index (κ3) is 18.5. The molecule has 0 spiro atoms. The lowest BCUT2D eigenvalue weighted by Gasteiger charge is -2.38. The minimum Gasteiger partial charge on any atom is -0.477 e. The lowest BCUT2D eigenvalue weighted by atomic mass is 9.72. The van der Waals surface area contributed by atoms with Gasteiger partial charge in [0.1, 0.15) is 11.4 Å². The molecule has 1 saturated carbocycles. The van der Waals surface area contributed by atoms with E-state index in [9.17, 15) is 73.5 Å². The van der Waals surface area contributed by atoms with Crippen molar-refractivity contribution in [1.29, 1.82) is 0 Å². The zero-order valence-corrected chi connectivity index (χ0v) is 47.5. The van der Waals surface area contributed by atoms with E-state index < -0.39 is 69.4 Å². The number of rotatable bonds is 31. The van der Waals surface area contributed by atoms with Crippen molar-refractivity contribution in [2.45, 2.75) is 143 Å². The van der Waals surface area contributed by atoms with Gasteiger partial charge in [0.05, 0.1) is 16.9 Å². The molecule has 2 aliphatic carbocycles. The molecule has 2 heterocycles. The third-order valence-corrected chi connectivity index (χ3v) is 14.8. The zero-order valence-electron chi connectivity index (χ0n) is 47.5. The number of aromatic nitrogens is 1. The van der Waals surface area contributed by atoms with E-state index in [1.165, 1.54) is 27.0 Å². The van der Waals surface area contributed by atoms with E-state index in [-0.39, 0.29) is 136 Å².